The summed E-state index contributed by atoms with van der Waals surface area (Å²) in [6.07, 6.45) is 0. The highest BCUT2D eigenvalue weighted by Crippen LogP contribution is 2.35. The fourth-order valence-corrected chi connectivity index (χ4v) is 2.67. The van der Waals surface area contributed by atoms with Crippen LogP contribution in [0.3, 0.4) is 0 Å². The van der Waals surface area contributed by atoms with Gasteiger partial charge in [-0.05, 0) is 6.07 Å². The summed E-state index contributed by atoms with van der Waals surface area (Å²) in [7, 11) is 1.44. The van der Waals surface area contributed by atoms with Gasteiger partial charge in [0.05, 0.1) is 17.7 Å². The van der Waals surface area contributed by atoms with Crippen LogP contribution < -0.4 is 4.74 Å². The molecule has 0 spiro atoms. The third-order valence-corrected chi connectivity index (χ3v) is 3.87. The van der Waals surface area contributed by atoms with Gasteiger partial charge in [-0.1, -0.05) is 46.7 Å². The predicted molar refractivity (Wildman–Crippen MR) is 93.3 cm³/mol. The van der Waals surface area contributed by atoms with Gasteiger partial charge in [-0.15, -0.1) is 5.10 Å². The predicted octanol–water partition coefficient (Wildman–Crippen LogP) is 2.90. The van der Waals surface area contributed by atoms with Gasteiger partial charge in [0.1, 0.15) is 5.69 Å². The first-order valence-electron chi connectivity index (χ1n) is 7.81. The zero-order chi connectivity index (χ0) is 18.8. The number of hydrogen-bond donors (Lipinski definition) is 0. The normalized spacial score (nSPS) is 10.7. The second-order valence-electron chi connectivity index (χ2n) is 5.45. The molecule has 2 heterocycles. The van der Waals surface area contributed by atoms with Crippen LogP contribution in [0.1, 0.15) is 0 Å². The van der Waals surface area contributed by atoms with E-state index in [4.69, 9.17) is 9.26 Å². The molecule has 134 valence electrons. The molecule has 2 aromatic carbocycles. The molecule has 4 aromatic rings. The molecule has 0 atom stereocenters. The average molecular weight is 364 g/mol. The number of nitro groups is 1. The molecule has 4 rings (SSSR count). The standard InChI is InChI=1S/C17H12N6O4/c1-26-17-16(27-21-19-17)14-15(11-6-3-2-4-7-11)22(20-18-14)12-8-5-9-13(10-12)23(24)25/h2-10H,1H3. The molecule has 0 aliphatic carbocycles. The summed E-state index contributed by atoms with van der Waals surface area (Å²) in [5.41, 5.74) is 2.13. The maximum absolute atomic E-state index is 11.1. The van der Waals surface area contributed by atoms with E-state index in [0.717, 1.165) is 5.56 Å². The van der Waals surface area contributed by atoms with Crippen molar-refractivity contribution in [2.45, 2.75) is 0 Å². The molecule has 0 fully saturated rings. The van der Waals surface area contributed by atoms with Crippen LogP contribution in [0.4, 0.5) is 5.69 Å². The van der Waals surface area contributed by atoms with Crippen molar-refractivity contribution in [2.75, 3.05) is 7.11 Å². The topological polar surface area (TPSA) is 122 Å². The Morgan fingerprint density at radius 2 is 1.93 bits per heavy atom. The summed E-state index contributed by atoms with van der Waals surface area (Å²) >= 11 is 0. The Morgan fingerprint density at radius 3 is 2.67 bits per heavy atom. The summed E-state index contributed by atoms with van der Waals surface area (Å²) in [5, 5.41) is 26.7. The van der Waals surface area contributed by atoms with Gasteiger partial charge in [0.25, 0.3) is 17.3 Å². The Kier molecular flexibility index (Phi) is 4.05. The molecular formula is C17H12N6O4. The van der Waals surface area contributed by atoms with E-state index in [1.165, 1.54) is 23.9 Å². The minimum Gasteiger partial charge on any atom is -0.477 e. The van der Waals surface area contributed by atoms with Crippen LogP contribution in [0.5, 0.6) is 5.88 Å². The quantitative estimate of drug-likeness (QED) is 0.391. The average Bonchev–Trinajstić information content (AvgIpc) is 3.35. The highest BCUT2D eigenvalue weighted by Gasteiger charge is 2.25. The molecule has 27 heavy (non-hydrogen) atoms. The van der Waals surface area contributed by atoms with E-state index in [1.807, 2.05) is 30.3 Å². The van der Waals surface area contributed by atoms with E-state index in [-0.39, 0.29) is 17.3 Å². The number of benzene rings is 2. The van der Waals surface area contributed by atoms with E-state index in [0.29, 0.717) is 17.1 Å². The maximum atomic E-state index is 11.1. The fraction of sp³-hybridized carbons (Fsp3) is 0.0588. The van der Waals surface area contributed by atoms with Crippen molar-refractivity contribution in [3.63, 3.8) is 0 Å². The van der Waals surface area contributed by atoms with Crippen LogP contribution in [0.2, 0.25) is 0 Å². The summed E-state index contributed by atoms with van der Waals surface area (Å²) in [5.74, 6) is 0.381. The summed E-state index contributed by atoms with van der Waals surface area (Å²) in [4.78, 5) is 10.7. The van der Waals surface area contributed by atoms with Crippen LogP contribution in [0.15, 0.2) is 59.1 Å². The summed E-state index contributed by atoms with van der Waals surface area (Å²) < 4.78 is 11.9. The first-order valence-corrected chi connectivity index (χ1v) is 7.81. The van der Waals surface area contributed by atoms with Crippen LogP contribution in [-0.2, 0) is 0 Å². The van der Waals surface area contributed by atoms with Gasteiger partial charge >= 0.3 is 0 Å². The highest BCUT2D eigenvalue weighted by atomic mass is 16.6. The number of rotatable bonds is 5. The minimum absolute atomic E-state index is 0.0533. The summed E-state index contributed by atoms with van der Waals surface area (Å²) in [6.45, 7) is 0. The Bertz CT molecular complexity index is 1110. The molecule has 0 bridgehead atoms. The summed E-state index contributed by atoms with van der Waals surface area (Å²) in [6, 6.07) is 15.4. The number of non-ortho nitro benzene ring substituents is 1. The zero-order valence-electron chi connectivity index (χ0n) is 14.0. The van der Waals surface area contributed by atoms with Crippen molar-refractivity contribution in [3.05, 3.63) is 64.7 Å². The van der Waals surface area contributed by atoms with Crippen molar-refractivity contribution >= 4 is 5.69 Å². The van der Waals surface area contributed by atoms with Crippen molar-refractivity contribution in [3.8, 4) is 34.3 Å². The third kappa shape index (κ3) is 2.88. The lowest BCUT2D eigenvalue weighted by atomic mass is 10.1. The molecular weight excluding hydrogens is 352 g/mol. The first kappa shape index (κ1) is 16.4. The number of nitro benzene ring substituents is 1. The number of nitrogens with zero attached hydrogens (tertiary/aromatic N) is 6. The van der Waals surface area contributed by atoms with Crippen molar-refractivity contribution in [1.29, 1.82) is 0 Å². The van der Waals surface area contributed by atoms with Gasteiger partial charge in [-0.25, -0.2) is 4.68 Å². The molecule has 0 aliphatic rings. The molecule has 0 N–H and O–H groups in total. The van der Waals surface area contributed by atoms with Crippen LogP contribution in [0.25, 0.3) is 28.4 Å². The number of aromatic nitrogens is 5. The lowest BCUT2D eigenvalue weighted by molar-refractivity contribution is -0.384. The Hall–Kier alpha value is -4.08. The van der Waals surface area contributed by atoms with E-state index < -0.39 is 4.92 Å². The Labute approximate surface area is 152 Å². The monoisotopic (exact) mass is 364 g/mol. The highest BCUT2D eigenvalue weighted by molar-refractivity contribution is 5.78. The van der Waals surface area contributed by atoms with Gasteiger partial charge in [0, 0.05) is 23.0 Å². The molecule has 0 saturated heterocycles. The lowest BCUT2D eigenvalue weighted by Crippen LogP contribution is -2.00. The van der Waals surface area contributed by atoms with Crippen molar-refractivity contribution in [1.82, 2.24) is 25.4 Å². The maximum Gasteiger partial charge on any atom is 0.285 e. The Morgan fingerprint density at radius 1 is 1.11 bits per heavy atom. The molecule has 0 amide bonds. The first-order chi connectivity index (χ1) is 13.2. The van der Waals surface area contributed by atoms with E-state index in [2.05, 4.69) is 20.7 Å². The van der Waals surface area contributed by atoms with E-state index in [1.54, 1.807) is 12.1 Å². The van der Waals surface area contributed by atoms with Gasteiger partial charge in [0.2, 0.25) is 0 Å². The zero-order valence-corrected chi connectivity index (χ0v) is 14.0. The molecule has 0 saturated carbocycles. The van der Waals surface area contributed by atoms with Gasteiger partial charge < -0.3 is 9.26 Å². The number of methoxy groups -OCH3 is 1. The molecule has 10 nitrogen and oxygen atoms in total. The SMILES string of the molecule is COc1nnoc1-c1nnn(-c2cccc([N+](=O)[O-])c2)c1-c1ccccc1. The molecule has 10 heteroatoms. The van der Waals surface area contributed by atoms with E-state index in [9.17, 15) is 10.1 Å². The van der Waals surface area contributed by atoms with Gasteiger partial charge in [-0.2, -0.15) is 0 Å². The van der Waals surface area contributed by atoms with Crippen molar-refractivity contribution in [2.24, 2.45) is 0 Å². The van der Waals surface area contributed by atoms with Crippen LogP contribution in [-0.4, -0.2) is 37.4 Å². The third-order valence-electron chi connectivity index (χ3n) is 3.87. The molecule has 0 aliphatic heterocycles. The molecule has 2 aromatic heterocycles. The molecule has 0 unspecified atom stereocenters. The van der Waals surface area contributed by atoms with Gasteiger partial charge in [0.15, 0.2) is 5.69 Å². The fourth-order valence-electron chi connectivity index (χ4n) is 2.67. The van der Waals surface area contributed by atoms with E-state index >= 15 is 0 Å². The van der Waals surface area contributed by atoms with Crippen molar-refractivity contribution < 1.29 is 14.2 Å². The van der Waals surface area contributed by atoms with Crippen LogP contribution >= 0.6 is 0 Å². The minimum atomic E-state index is -0.465. The number of hydrogen-bond acceptors (Lipinski definition) is 8. The smallest absolute Gasteiger partial charge is 0.285 e. The number of ether oxygens (including phenoxy) is 1. The Balaban J connectivity index is 1.96. The lowest BCUT2D eigenvalue weighted by Gasteiger charge is -2.07. The molecule has 0 radical (unpaired) electrons. The largest absolute Gasteiger partial charge is 0.477 e. The van der Waals surface area contributed by atoms with Crippen LogP contribution in [0, 0.1) is 10.1 Å². The second-order valence-corrected chi connectivity index (χ2v) is 5.45. The van der Waals surface area contributed by atoms with Gasteiger partial charge in [-0.3, -0.25) is 10.1 Å². The second kappa shape index (κ2) is 6.67.